The zero-order chi connectivity index (χ0) is 10.7. The zero-order valence-corrected chi connectivity index (χ0v) is 8.34. The number of aliphatic hydroxyl groups excluding tert-OH is 1. The maximum absolute atomic E-state index is 10.9. The molecule has 1 aromatic rings. The Morgan fingerprint density at radius 2 is 2.27 bits per heavy atom. The Labute approximate surface area is 88.6 Å². The third-order valence-corrected chi connectivity index (χ3v) is 2.62. The van der Waals surface area contributed by atoms with Crippen LogP contribution in [0.2, 0.25) is 0 Å². The molecule has 0 saturated carbocycles. The van der Waals surface area contributed by atoms with Crippen LogP contribution in [0.4, 0.5) is 5.69 Å². The number of hydrogen-bond acceptors (Lipinski definition) is 3. The first kappa shape index (κ1) is 9.93. The highest BCUT2D eigenvalue weighted by atomic mass is 16.3. The molecule has 1 N–H and O–H groups in total. The zero-order valence-electron chi connectivity index (χ0n) is 8.34. The number of benzene rings is 1. The average Bonchev–Trinajstić information content (AvgIpc) is 2.76. The van der Waals surface area contributed by atoms with Crippen molar-refractivity contribution in [1.29, 1.82) is 0 Å². The molecule has 0 radical (unpaired) electrons. The molecular formula is C12H13NO2. The number of aliphatic hydroxyl groups is 1. The molecule has 1 aliphatic heterocycles. The molecule has 3 nitrogen and oxygen atoms in total. The Kier molecular flexibility index (Phi) is 2.83. The summed E-state index contributed by atoms with van der Waals surface area (Å²) in [6.45, 7) is 0.819. The van der Waals surface area contributed by atoms with Gasteiger partial charge in [0.1, 0.15) is 0 Å². The molecule has 1 aromatic carbocycles. The molecule has 1 heterocycles. The number of rotatable bonds is 3. The summed E-state index contributed by atoms with van der Waals surface area (Å²) < 4.78 is 0. The van der Waals surface area contributed by atoms with Crippen LogP contribution < -0.4 is 4.90 Å². The maximum Gasteiger partial charge on any atom is 0.152 e. The van der Waals surface area contributed by atoms with Crippen molar-refractivity contribution in [2.45, 2.75) is 6.04 Å². The fourth-order valence-electron chi connectivity index (χ4n) is 1.86. The summed E-state index contributed by atoms with van der Waals surface area (Å²) in [5.41, 5.74) is 1.55. The summed E-state index contributed by atoms with van der Waals surface area (Å²) in [6, 6.07) is 7.42. The maximum atomic E-state index is 10.9. The van der Waals surface area contributed by atoms with Gasteiger partial charge in [-0.2, -0.15) is 0 Å². The molecule has 1 atom stereocenters. The average molecular weight is 203 g/mol. The first-order valence-electron chi connectivity index (χ1n) is 4.95. The van der Waals surface area contributed by atoms with Crippen LogP contribution in [0.3, 0.4) is 0 Å². The van der Waals surface area contributed by atoms with Crippen molar-refractivity contribution in [3.63, 3.8) is 0 Å². The van der Waals surface area contributed by atoms with Gasteiger partial charge in [0.05, 0.1) is 12.6 Å². The summed E-state index contributed by atoms with van der Waals surface area (Å²) in [6.07, 6.45) is 4.81. The molecule has 3 heteroatoms. The van der Waals surface area contributed by atoms with Crippen molar-refractivity contribution >= 4 is 12.0 Å². The second kappa shape index (κ2) is 4.28. The molecule has 0 amide bonds. The molecule has 1 unspecified atom stereocenters. The minimum Gasteiger partial charge on any atom is -0.394 e. The van der Waals surface area contributed by atoms with Gasteiger partial charge < -0.3 is 10.0 Å². The summed E-state index contributed by atoms with van der Waals surface area (Å²) in [4.78, 5) is 12.9. The Morgan fingerprint density at radius 3 is 3.00 bits per heavy atom. The highest BCUT2D eigenvalue weighted by molar-refractivity contribution is 5.85. The van der Waals surface area contributed by atoms with Crippen molar-refractivity contribution in [1.82, 2.24) is 0 Å². The third kappa shape index (κ3) is 1.78. The number of nitrogens with zero attached hydrogens (tertiary/aromatic N) is 1. The lowest BCUT2D eigenvalue weighted by Gasteiger charge is -2.26. The van der Waals surface area contributed by atoms with E-state index in [1.165, 1.54) is 0 Å². The van der Waals surface area contributed by atoms with Crippen molar-refractivity contribution < 1.29 is 9.90 Å². The number of aldehydes is 1. The minimum atomic E-state index is -0.00824. The molecule has 0 spiro atoms. The third-order valence-electron chi connectivity index (χ3n) is 2.62. The van der Waals surface area contributed by atoms with Crippen LogP contribution in [0.15, 0.2) is 36.4 Å². The molecule has 0 bridgehead atoms. The minimum absolute atomic E-state index is 0.00824. The van der Waals surface area contributed by atoms with Crippen molar-refractivity contribution in [2.75, 3.05) is 18.1 Å². The number of anilines is 1. The number of carbonyl (C=O) groups excluding carboxylic acids is 1. The first-order valence-corrected chi connectivity index (χ1v) is 4.95. The van der Waals surface area contributed by atoms with Crippen LogP contribution in [-0.4, -0.2) is 30.6 Å². The molecule has 2 rings (SSSR count). The van der Waals surface area contributed by atoms with Gasteiger partial charge in [-0.3, -0.25) is 4.79 Å². The molecule has 0 fully saturated rings. The molecule has 0 aromatic heterocycles. The van der Waals surface area contributed by atoms with Gasteiger partial charge in [-0.25, -0.2) is 0 Å². The van der Waals surface area contributed by atoms with Gasteiger partial charge >= 0.3 is 0 Å². The molecule has 15 heavy (non-hydrogen) atoms. The van der Waals surface area contributed by atoms with Gasteiger partial charge in [-0.15, -0.1) is 0 Å². The smallest absolute Gasteiger partial charge is 0.152 e. The standard InChI is InChI=1S/C12H13NO2/c14-8-10-4-1-2-6-12(10)13-7-3-5-11(13)9-15/h1-6,8,11,15H,7,9H2. The largest absolute Gasteiger partial charge is 0.394 e. The Morgan fingerprint density at radius 1 is 1.47 bits per heavy atom. The Balaban J connectivity index is 2.33. The van der Waals surface area contributed by atoms with Crippen LogP contribution in [0, 0.1) is 0 Å². The van der Waals surface area contributed by atoms with Gasteiger partial charge in [-0.1, -0.05) is 24.3 Å². The van der Waals surface area contributed by atoms with Gasteiger partial charge in [0, 0.05) is 17.8 Å². The van der Waals surface area contributed by atoms with Crippen LogP contribution >= 0.6 is 0 Å². The number of hydrogen-bond donors (Lipinski definition) is 1. The normalized spacial score (nSPS) is 19.5. The first-order chi connectivity index (χ1) is 7.36. The van der Waals surface area contributed by atoms with E-state index in [0.29, 0.717) is 5.56 Å². The fraction of sp³-hybridized carbons (Fsp3) is 0.250. The summed E-state index contributed by atoms with van der Waals surface area (Å²) in [5, 5.41) is 9.18. The van der Waals surface area contributed by atoms with E-state index in [9.17, 15) is 9.90 Å². The van der Waals surface area contributed by atoms with Gasteiger partial charge in [0.15, 0.2) is 6.29 Å². The molecule has 0 saturated heterocycles. The van der Waals surface area contributed by atoms with Crippen LogP contribution in [-0.2, 0) is 0 Å². The predicted octanol–water partition coefficient (Wildman–Crippen LogP) is 1.24. The molecule has 0 aliphatic carbocycles. The van der Waals surface area contributed by atoms with Crippen LogP contribution in [0.25, 0.3) is 0 Å². The summed E-state index contributed by atoms with van der Waals surface area (Å²) in [7, 11) is 0. The van der Waals surface area contributed by atoms with Crippen molar-refractivity contribution in [3.8, 4) is 0 Å². The Hall–Kier alpha value is -1.61. The second-order valence-corrected chi connectivity index (χ2v) is 3.51. The van der Waals surface area contributed by atoms with Crippen molar-refractivity contribution in [2.24, 2.45) is 0 Å². The van der Waals surface area contributed by atoms with Crippen LogP contribution in [0.1, 0.15) is 10.4 Å². The van der Waals surface area contributed by atoms with E-state index in [1.54, 1.807) is 6.07 Å². The molecule has 1 aliphatic rings. The lowest BCUT2D eigenvalue weighted by Crippen LogP contribution is -2.33. The van der Waals surface area contributed by atoms with Gasteiger partial charge in [-0.05, 0) is 12.1 Å². The van der Waals surface area contributed by atoms with E-state index in [-0.39, 0.29) is 12.6 Å². The van der Waals surface area contributed by atoms with Gasteiger partial charge in [0.2, 0.25) is 0 Å². The van der Waals surface area contributed by atoms with E-state index in [1.807, 2.05) is 35.3 Å². The lowest BCUT2D eigenvalue weighted by atomic mass is 10.1. The Bertz CT molecular complexity index is 387. The number of carbonyl (C=O) groups is 1. The highest BCUT2D eigenvalue weighted by Crippen LogP contribution is 2.24. The van der Waals surface area contributed by atoms with E-state index >= 15 is 0 Å². The highest BCUT2D eigenvalue weighted by Gasteiger charge is 2.20. The topological polar surface area (TPSA) is 40.5 Å². The SMILES string of the molecule is O=Cc1ccccc1N1CC=CC1CO. The molecule has 78 valence electrons. The quantitative estimate of drug-likeness (QED) is 0.593. The summed E-state index contributed by atoms with van der Waals surface area (Å²) >= 11 is 0. The monoisotopic (exact) mass is 203 g/mol. The van der Waals surface area contributed by atoms with E-state index in [2.05, 4.69) is 0 Å². The predicted molar refractivity (Wildman–Crippen MR) is 59.2 cm³/mol. The van der Waals surface area contributed by atoms with E-state index in [0.717, 1.165) is 18.5 Å². The van der Waals surface area contributed by atoms with E-state index in [4.69, 9.17) is 0 Å². The number of para-hydroxylation sites is 1. The molecular weight excluding hydrogens is 190 g/mol. The van der Waals surface area contributed by atoms with Crippen LogP contribution in [0.5, 0.6) is 0 Å². The summed E-state index contributed by atoms with van der Waals surface area (Å²) in [5.74, 6) is 0. The van der Waals surface area contributed by atoms with Crippen molar-refractivity contribution in [3.05, 3.63) is 42.0 Å². The fourth-order valence-corrected chi connectivity index (χ4v) is 1.86. The van der Waals surface area contributed by atoms with Gasteiger partial charge in [0.25, 0.3) is 0 Å². The second-order valence-electron chi connectivity index (χ2n) is 3.51. The lowest BCUT2D eigenvalue weighted by molar-refractivity contribution is 0.112. The van der Waals surface area contributed by atoms with E-state index < -0.39 is 0 Å².